The molecule has 1 amide bonds. The normalized spacial score (nSPS) is 12.0. The standard InChI is InChI=1S/C14H11ClF6N4O.C12H8F6N4O3.C8H4ClF3N2/c1-25-6-8(11(24-25)14(19,20)21)12(26)22-3-2-10-9(15)4-7(5-23-10)13(16,17)18;1-21-3-5(7(19-21)11(13,14)15)9(23)25-10(24)6-4-22(2)20-8(6)12(16,17)18;9-6-3-5(8(10,11)12)4-14-7(6)1-2-13/h4-6H,2-3H2,1H3,(H,22,26);3-4H,1-2H3;3-4H,1H2. The third-order valence-corrected chi connectivity index (χ3v) is 8.20. The summed E-state index contributed by atoms with van der Waals surface area (Å²) in [5, 5.41) is 19.4. The Morgan fingerprint density at radius 3 is 1.31 bits per heavy atom. The number of nitriles is 1. The van der Waals surface area contributed by atoms with Gasteiger partial charge in [-0.3, -0.25) is 28.8 Å². The number of nitrogens with zero attached hydrogens (tertiary/aromatic N) is 9. The number of esters is 2. The summed E-state index contributed by atoms with van der Waals surface area (Å²) in [6, 6.07) is 3.21. The number of pyridine rings is 2. The van der Waals surface area contributed by atoms with Crippen LogP contribution in [0.2, 0.25) is 10.0 Å². The predicted molar refractivity (Wildman–Crippen MR) is 188 cm³/mol. The molecule has 5 heterocycles. The summed E-state index contributed by atoms with van der Waals surface area (Å²) in [4.78, 5) is 42.5. The first kappa shape index (κ1) is 52.9. The maximum absolute atomic E-state index is 12.8. The van der Waals surface area contributed by atoms with Gasteiger partial charge in [0.05, 0.1) is 50.6 Å². The Morgan fingerprint density at radius 2 is 0.969 bits per heavy atom. The predicted octanol–water partition coefficient (Wildman–Crippen LogP) is 8.49. The Kier molecular flexibility index (Phi) is 16.4. The van der Waals surface area contributed by atoms with E-state index in [9.17, 15) is 80.2 Å². The molecule has 5 aromatic rings. The second-order valence-corrected chi connectivity index (χ2v) is 13.3. The zero-order valence-corrected chi connectivity index (χ0v) is 33.8. The van der Waals surface area contributed by atoms with E-state index in [0.717, 1.165) is 31.0 Å². The average Bonchev–Trinajstić information content (AvgIpc) is 3.89. The molecule has 31 heteroatoms. The number of hydrogen-bond acceptors (Lipinski definition) is 10. The lowest BCUT2D eigenvalue weighted by atomic mass is 10.2. The minimum atomic E-state index is -5.02. The highest BCUT2D eigenvalue weighted by atomic mass is 35.5. The number of nitrogens with one attached hydrogen (secondary N) is 1. The molecule has 0 radical (unpaired) electrons. The van der Waals surface area contributed by atoms with Gasteiger partial charge in [-0.25, -0.2) is 9.59 Å². The fourth-order valence-electron chi connectivity index (χ4n) is 4.77. The Balaban J connectivity index is 0.000000271. The third-order valence-electron chi connectivity index (χ3n) is 7.55. The molecule has 5 rings (SSSR count). The lowest BCUT2D eigenvalue weighted by Crippen LogP contribution is -2.27. The minimum absolute atomic E-state index is 0.0652. The number of carbonyl (C=O) groups excluding carboxylic acids is 3. The van der Waals surface area contributed by atoms with Crippen molar-refractivity contribution in [3.63, 3.8) is 0 Å². The van der Waals surface area contributed by atoms with Gasteiger partial charge in [0, 0.05) is 65.1 Å². The number of amides is 1. The van der Waals surface area contributed by atoms with Gasteiger partial charge in [0.15, 0.2) is 17.1 Å². The van der Waals surface area contributed by atoms with Crippen LogP contribution in [0.15, 0.2) is 43.1 Å². The van der Waals surface area contributed by atoms with Crippen LogP contribution in [0.4, 0.5) is 65.9 Å². The number of rotatable bonds is 7. The molecule has 0 bridgehead atoms. The number of halogens is 17. The quantitative estimate of drug-likeness (QED) is 0.0946. The molecule has 0 saturated heterocycles. The highest BCUT2D eigenvalue weighted by Gasteiger charge is 2.43. The van der Waals surface area contributed by atoms with Crippen molar-refractivity contribution in [2.75, 3.05) is 6.54 Å². The van der Waals surface area contributed by atoms with Gasteiger partial charge in [0.2, 0.25) is 0 Å². The van der Waals surface area contributed by atoms with Gasteiger partial charge in [0.1, 0.15) is 11.1 Å². The number of alkyl halides is 15. The van der Waals surface area contributed by atoms with Crippen molar-refractivity contribution in [2.24, 2.45) is 21.1 Å². The van der Waals surface area contributed by atoms with E-state index in [0.29, 0.717) is 40.2 Å². The van der Waals surface area contributed by atoms with Gasteiger partial charge in [-0.15, -0.1) is 0 Å². The molecule has 0 spiro atoms. The van der Waals surface area contributed by atoms with Crippen LogP contribution in [-0.2, 0) is 69.6 Å². The van der Waals surface area contributed by atoms with Crippen molar-refractivity contribution < 1.29 is 85.0 Å². The number of aryl methyl sites for hydroxylation is 3. The lowest BCUT2D eigenvalue weighted by Gasteiger charge is -2.10. The van der Waals surface area contributed by atoms with E-state index in [1.54, 1.807) is 6.07 Å². The van der Waals surface area contributed by atoms with Crippen LogP contribution in [0.3, 0.4) is 0 Å². The fraction of sp³-hybridized carbons (Fsp3) is 0.324. The van der Waals surface area contributed by atoms with Crippen molar-refractivity contribution in [1.82, 2.24) is 44.6 Å². The second-order valence-electron chi connectivity index (χ2n) is 12.5. The maximum atomic E-state index is 12.8. The summed E-state index contributed by atoms with van der Waals surface area (Å²) in [7, 11) is 3.39. The molecule has 0 saturated carbocycles. The van der Waals surface area contributed by atoms with Crippen LogP contribution in [0.1, 0.15) is 70.7 Å². The van der Waals surface area contributed by atoms with E-state index in [4.69, 9.17) is 28.5 Å². The van der Waals surface area contributed by atoms with Crippen molar-refractivity contribution in [3.05, 3.63) is 109 Å². The van der Waals surface area contributed by atoms with Gasteiger partial charge in [-0.05, 0) is 12.1 Å². The Labute approximate surface area is 362 Å². The summed E-state index contributed by atoms with van der Waals surface area (Å²) in [6.45, 7) is -0.177. The first-order valence-electron chi connectivity index (χ1n) is 16.8. The van der Waals surface area contributed by atoms with E-state index in [1.165, 1.54) is 7.05 Å². The largest absolute Gasteiger partial charge is 0.436 e. The van der Waals surface area contributed by atoms with E-state index < -0.39 is 93.6 Å². The minimum Gasteiger partial charge on any atom is -0.386 e. The van der Waals surface area contributed by atoms with Crippen molar-refractivity contribution in [3.8, 4) is 6.07 Å². The Hall–Kier alpha value is -6.44. The van der Waals surface area contributed by atoms with Crippen molar-refractivity contribution in [1.29, 1.82) is 5.26 Å². The lowest BCUT2D eigenvalue weighted by molar-refractivity contribution is -0.142. The van der Waals surface area contributed by atoms with Crippen molar-refractivity contribution >= 4 is 41.0 Å². The monoisotopic (exact) mass is 990 g/mol. The molecule has 0 aliphatic rings. The molecule has 0 aliphatic heterocycles. The molecule has 0 fully saturated rings. The molecular weight excluding hydrogens is 968 g/mol. The summed E-state index contributed by atoms with van der Waals surface area (Å²) in [5.41, 5.74) is -9.18. The highest BCUT2D eigenvalue weighted by Crippen LogP contribution is 2.35. The van der Waals surface area contributed by atoms with Gasteiger partial charge in [-0.2, -0.15) is 86.4 Å². The molecular formula is C34H23Cl2F15N10O4. The molecule has 1 N–H and O–H groups in total. The molecule has 5 aromatic heterocycles. The fourth-order valence-corrected chi connectivity index (χ4v) is 5.27. The van der Waals surface area contributed by atoms with Gasteiger partial charge in [-0.1, -0.05) is 23.2 Å². The van der Waals surface area contributed by atoms with Crippen LogP contribution in [0.5, 0.6) is 0 Å². The van der Waals surface area contributed by atoms with Crippen LogP contribution >= 0.6 is 23.2 Å². The summed E-state index contributed by atoms with van der Waals surface area (Å²) in [6.07, 6.45) is -20.6. The van der Waals surface area contributed by atoms with Crippen LogP contribution in [0.25, 0.3) is 0 Å². The zero-order chi connectivity index (χ0) is 49.6. The molecule has 0 aromatic carbocycles. The van der Waals surface area contributed by atoms with Crippen molar-refractivity contribution in [2.45, 2.75) is 43.7 Å². The van der Waals surface area contributed by atoms with Gasteiger partial charge in [0.25, 0.3) is 5.91 Å². The smallest absolute Gasteiger partial charge is 0.386 e. The van der Waals surface area contributed by atoms with E-state index >= 15 is 0 Å². The number of carbonyl (C=O) groups is 3. The molecule has 14 nitrogen and oxygen atoms in total. The van der Waals surface area contributed by atoms with Gasteiger partial charge >= 0.3 is 42.8 Å². The van der Waals surface area contributed by atoms with Crippen LogP contribution in [-0.4, -0.2) is 63.7 Å². The first-order chi connectivity index (χ1) is 29.6. The SMILES string of the molecule is Cn1cc(C(=O)NCCc2ncc(C(F)(F)F)cc2Cl)c(C(F)(F)F)n1.Cn1cc(C(=O)OC(=O)c2cn(C)nc2C(F)(F)F)c(C(F)(F)F)n1.N#CCc1ncc(C(F)(F)F)cc1Cl. The summed E-state index contributed by atoms with van der Waals surface area (Å²) in [5.74, 6) is -4.60. The van der Waals surface area contributed by atoms with Crippen LogP contribution < -0.4 is 5.32 Å². The molecule has 0 atom stereocenters. The number of hydrogen-bond donors (Lipinski definition) is 1. The van der Waals surface area contributed by atoms with E-state index in [1.807, 2.05) is 0 Å². The van der Waals surface area contributed by atoms with E-state index in [-0.39, 0.29) is 40.8 Å². The molecule has 65 heavy (non-hydrogen) atoms. The Bertz CT molecular complexity index is 2500. The average molecular weight is 991 g/mol. The van der Waals surface area contributed by atoms with Crippen LogP contribution in [0, 0.1) is 11.3 Å². The van der Waals surface area contributed by atoms with E-state index in [2.05, 4.69) is 35.3 Å². The highest BCUT2D eigenvalue weighted by molar-refractivity contribution is 6.31. The van der Waals surface area contributed by atoms with Gasteiger partial charge < -0.3 is 10.1 Å². The number of ether oxygens (including phenoxy) is 1. The number of aromatic nitrogens is 8. The topological polar surface area (TPSA) is 176 Å². The second kappa shape index (κ2) is 20.2. The first-order valence-corrected chi connectivity index (χ1v) is 17.6. The Morgan fingerprint density at radius 1 is 0.615 bits per heavy atom. The summed E-state index contributed by atoms with van der Waals surface area (Å²) < 4.78 is 195. The molecule has 0 unspecified atom stereocenters. The molecule has 0 aliphatic carbocycles. The third kappa shape index (κ3) is 14.5. The molecule has 352 valence electrons. The zero-order valence-electron chi connectivity index (χ0n) is 32.2. The summed E-state index contributed by atoms with van der Waals surface area (Å²) >= 11 is 11.2. The maximum Gasteiger partial charge on any atom is 0.436 e.